The maximum Gasteiger partial charge on any atom is 0.0162 e. The minimum absolute atomic E-state index is 0.390. The molecule has 0 aliphatic rings. The van der Waals surface area contributed by atoms with Crippen LogP contribution in [-0.2, 0) is 0 Å². The second-order valence-corrected chi connectivity index (χ2v) is 4.81. The molecule has 2 unspecified atom stereocenters. The second-order valence-electron chi connectivity index (χ2n) is 4.81. The molecule has 0 fully saturated rings. The summed E-state index contributed by atoms with van der Waals surface area (Å²) in [5.74, 6) is 0.687. The van der Waals surface area contributed by atoms with Gasteiger partial charge >= 0.3 is 0 Å². The molecule has 0 heterocycles. The van der Waals surface area contributed by atoms with Crippen LogP contribution in [0.2, 0.25) is 0 Å². The summed E-state index contributed by atoms with van der Waals surface area (Å²) in [4.78, 5) is 0. The zero-order valence-corrected chi connectivity index (χ0v) is 9.15. The molecule has 0 aromatic heterocycles. The van der Waals surface area contributed by atoms with Crippen molar-refractivity contribution in [2.75, 3.05) is 13.1 Å². The van der Waals surface area contributed by atoms with Gasteiger partial charge in [-0.25, -0.2) is 0 Å². The molecular formula is C10H24N2. The molecule has 0 aromatic rings. The van der Waals surface area contributed by atoms with Crippen LogP contribution in [0.15, 0.2) is 0 Å². The van der Waals surface area contributed by atoms with Gasteiger partial charge in [-0.1, -0.05) is 27.7 Å². The lowest BCUT2D eigenvalue weighted by atomic mass is 9.82. The first-order valence-corrected chi connectivity index (χ1v) is 4.81. The lowest BCUT2D eigenvalue weighted by molar-refractivity contribution is 0.247. The average Bonchev–Trinajstić information content (AvgIpc) is 1.97. The van der Waals surface area contributed by atoms with Gasteiger partial charge in [-0.05, 0) is 24.8 Å². The Bertz CT molecular complexity index is 115. The largest absolute Gasteiger partial charge is 0.329 e. The summed E-state index contributed by atoms with van der Waals surface area (Å²) in [6.45, 7) is 13.0. The summed E-state index contributed by atoms with van der Waals surface area (Å²) in [5.41, 5.74) is 5.90. The summed E-state index contributed by atoms with van der Waals surface area (Å²) in [6.07, 6.45) is 0. The maximum atomic E-state index is 5.50. The van der Waals surface area contributed by atoms with Crippen molar-refractivity contribution in [2.45, 2.75) is 40.7 Å². The van der Waals surface area contributed by atoms with Crippen LogP contribution in [-0.4, -0.2) is 19.1 Å². The monoisotopic (exact) mass is 172 g/mol. The molecule has 2 nitrogen and oxygen atoms in total. The van der Waals surface area contributed by atoms with Gasteiger partial charge in [-0.15, -0.1) is 0 Å². The Morgan fingerprint density at radius 3 is 2.08 bits per heavy atom. The van der Waals surface area contributed by atoms with Crippen molar-refractivity contribution in [3.8, 4) is 0 Å². The molecule has 74 valence electrons. The quantitative estimate of drug-likeness (QED) is 0.676. The zero-order chi connectivity index (χ0) is 9.78. The van der Waals surface area contributed by atoms with Crippen molar-refractivity contribution in [3.05, 3.63) is 0 Å². The van der Waals surface area contributed by atoms with Crippen molar-refractivity contribution in [2.24, 2.45) is 17.1 Å². The third-order valence-electron chi connectivity index (χ3n) is 2.60. The first-order valence-electron chi connectivity index (χ1n) is 4.81. The van der Waals surface area contributed by atoms with Crippen molar-refractivity contribution in [1.82, 2.24) is 5.32 Å². The lowest BCUT2D eigenvalue weighted by Gasteiger charge is -2.28. The molecule has 0 aliphatic heterocycles. The molecule has 0 saturated heterocycles. The van der Waals surface area contributed by atoms with E-state index in [1.54, 1.807) is 0 Å². The van der Waals surface area contributed by atoms with Gasteiger partial charge in [0.1, 0.15) is 0 Å². The van der Waals surface area contributed by atoms with E-state index in [2.05, 4.69) is 39.9 Å². The first kappa shape index (κ1) is 11.9. The van der Waals surface area contributed by atoms with Crippen LogP contribution in [0.3, 0.4) is 0 Å². The summed E-state index contributed by atoms with van der Waals surface area (Å²) < 4.78 is 0. The molecule has 2 atom stereocenters. The van der Waals surface area contributed by atoms with Gasteiger partial charge in [0.15, 0.2) is 0 Å². The number of hydrogen-bond acceptors (Lipinski definition) is 2. The summed E-state index contributed by atoms with van der Waals surface area (Å²) >= 11 is 0. The van der Waals surface area contributed by atoms with E-state index in [4.69, 9.17) is 5.73 Å². The van der Waals surface area contributed by atoms with Gasteiger partial charge in [-0.2, -0.15) is 0 Å². The SMILES string of the molecule is CC(CN)NCC(C)C(C)(C)C. The topological polar surface area (TPSA) is 38.0 Å². The standard InChI is InChI=1S/C10H24N2/c1-8(10(3,4)5)7-12-9(2)6-11/h8-9,12H,6-7,11H2,1-5H3. The fourth-order valence-electron chi connectivity index (χ4n) is 0.767. The van der Waals surface area contributed by atoms with Crippen LogP contribution in [0.4, 0.5) is 0 Å². The normalized spacial score (nSPS) is 17.5. The van der Waals surface area contributed by atoms with E-state index in [0.29, 0.717) is 17.4 Å². The van der Waals surface area contributed by atoms with Crippen LogP contribution in [0.5, 0.6) is 0 Å². The smallest absolute Gasteiger partial charge is 0.0162 e. The maximum absolute atomic E-state index is 5.50. The Morgan fingerprint density at radius 1 is 1.25 bits per heavy atom. The van der Waals surface area contributed by atoms with Crippen LogP contribution < -0.4 is 11.1 Å². The van der Waals surface area contributed by atoms with E-state index in [1.165, 1.54) is 0 Å². The highest BCUT2D eigenvalue weighted by Gasteiger charge is 2.19. The lowest BCUT2D eigenvalue weighted by Crippen LogP contribution is -2.38. The number of nitrogens with two attached hydrogens (primary N) is 1. The Balaban J connectivity index is 3.64. The van der Waals surface area contributed by atoms with Gasteiger partial charge in [-0.3, -0.25) is 0 Å². The summed E-state index contributed by atoms with van der Waals surface area (Å²) in [5, 5.41) is 3.41. The minimum atomic E-state index is 0.390. The van der Waals surface area contributed by atoms with Crippen molar-refractivity contribution in [1.29, 1.82) is 0 Å². The Labute approximate surface area is 76.9 Å². The van der Waals surface area contributed by atoms with Crippen molar-refractivity contribution >= 4 is 0 Å². The van der Waals surface area contributed by atoms with E-state index in [-0.39, 0.29) is 0 Å². The highest BCUT2D eigenvalue weighted by Crippen LogP contribution is 2.24. The van der Waals surface area contributed by atoms with Crippen molar-refractivity contribution < 1.29 is 0 Å². The van der Waals surface area contributed by atoms with Gasteiger partial charge < -0.3 is 11.1 Å². The van der Waals surface area contributed by atoms with E-state index in [1.807, 2.05) is 0 Å². The molecule has 0 radical (unpaired) electrons. The minimum Gasteiger partial charge on any atom is -0.329 e. The Kier molecular flexibility index (Phi) is 4.80. The van der Waals surface area contributed by atoms with E-state index >= 15 is 0 Å². The molecule has 12 heavy (non-hydrogen) atoms. The molecule has 0 bridgehead atoms. The molecule has 0 rings (SSSR count). The molecule has 0 saturated carbocycles. The zero-order valence-electron chi connectivity index (χ0n) is 9.15. The number of hydrogen-bond donors (Lipinski definition) is 2. The molecule has 0 aromatic carbocycles. The molecule has 2 heteroatoms. The van der Waals surface area contributed by atoms with Crippen LogP contribution >= 0.6 is 0 Å². The van der Waals surface area contributed by atoms with Crippen LogP contribution in [0.1, 0.15) is 34.6 Å². The molecular weight excluding hydrogens is 148 g/mol. The van der Waals surface area contributed by atoms with Gasteiger partial charge in [0, 0.05) is 12.6 Å². The Morgan fingerprint density at radius 2 is 1.75 bits per heavy atom. The van der Waals surface area contributed by atoms with E-state index < -0.39 is 0 Å². The van der Waals surface area contributed by atoms with E-state index in [9.17, 15) is 0 Å². The fourth-order valence-corrected chi connectivity index (χ4v) is 0.767. The molecule has 0 spiro atoms. The molecule has 3 N–H and O–H groups in total. The van der Waals surface area contributed by atoms with Crippen molar-refractivity contribution in [3.63, 3.8) is 0 Å². The third-order valence-corrected chi connectivity index (χ3v) is 2.60. The predicted octanol–water partition coefficient (Wildman–Crippen LogP) is 1.61. The highest BCUT2D eigenvalue weighted by molar-refractivity contribution is 4.73. The van der Waals surface area contributed by atoms with Gasteiger partial charge in [0.2, 0.25) is 0 Å². The van der Waals surface area contributed by atoms with Gasteiger partial charge in [0.25, 0.3) is 0 Å². The van der Waals surface area contributed by atoms with Gasteiger partial charge in [0.05, 0.1) is 0 Å². The first-order chi connectivity index (χ1) is 5.38. The third kappa shape index (κ3) is 4.73. The number of nitrogens with one attached hydrogen (secondary N) is 1. The van der Waals surface area contributed by atoms with E-state index in [0.717, 1.165) is 13.1 Å². The number of rotatable bonds is 4. The highest BCUT2D eigenvalue weighted by atomic mass is 14.9. The summed E-state index contributed by atoms with van der Waals surface area (Å²) in [7, 11) is 0. The Hall–Kier alpha value is -0.0800. The fraction of sp³-hybridized carbons (Fsp3) is 1.00. The molecule has 0 aliphatic carbocycles. The van der Waals surface area contributed by atoms with Crippen LogP contribution in [0.25, 0.3) is 0 Å². The second kappa shape index (κ2) is 4.83. The van der Waals surface area contributed by atoms with Crippen LogP contribution in [0, 0.1) is 11.3 Å². The average molecular weight is 172 g/mol. The molecule has 0 amide bonds. The summed E-state index contributed by atoms with van der Waals surface area (Å²) in [6, 6.07) is 0.440. The predicted molar refractivity (Wildman–Crippen MR) is 55.1 cm³/mol.